The molecule has 0 fully saturated rings. The van der Waals surface area contributed by atoms with Gasteiger partial charge in [0.05, 0.1) is 18.7 Å². The Morgan fingerprint density at radius 1 is 1.42 bits per heavy atom. The van der Waals surface area contributed by atoms with E-state index in [1.807, 2.05) is 0 Å². The fourth-order valence-electron chi connectivity index (χ4n) is 1.80. The third-order valence-electron chi connectivity index (χ3n) is 2.86. The van der Waals surface area contributed by atoms with E-state index >= 15 is 0 Å². The summed E-state index contributed by atoms with van der Waals surface area (Å²) < 4.78 is 13.5. The van der Waals surface area contributed by atoms with E-state index in [0.29, 0.717) is 24.7 Å². The maximum atomic E-state index is 13.5. The van der Waals surface area contributed by atoms with Gasteiger partial charge in [0.15, 0.2) is 0 Å². The van der Waals surface area contributed by atoms with Gasteiger partial charge in [-0.3, -0.25) is 4.90 Å². The van der Waals surface area contributed by atoms with E-state index in [1.165, 1.54) is 6.07 Å². The SMILES string of the molecule is CC(C)N(CCO)Cc1ccc(F)c(C#CCN)c1. The number of aliphatic hydroxyl groups is 1. The monoisotopic (exact) mass is 264 g/mol. The van der Waals surface area contributed by atoms with Crippen LogP contribution in [0.2, 0.25) is 0 Å². The maximum absolute atomic E-state index is 13.5. The molecule has 1 aromatic rings. The number of nitrogens with zero attached hydrogens (tertiary/aromatic N) is 1. The molecule has 0 unspecified atom stereocenters. The Morgan fingerprint density at radius 3 is 2.74 bits per heavy atom. The zero-order valence-corrected chi connectivity index (χ0v) is 11.5. The molecule has 3 N–H and O–H groups in total. The summed E-state index contributed by atoms with van der Waals surface area (Å²) in [5, 5.41) is 9.04. The molecule has 0 radical (unpaired) electrons. The van der Waals surface area contributed by atoms with Gasteiger partial charge in [-0.1, -0.05) is 17.9 Å². The van der Waals surface area contributed by atoms with Crippen molar-refractivity contribution in [2.45, 2.75) is 26.4 Å². The second-order valence-electron chi connectivity index (χ2n) is 4.61. The van der Waals surface area contributed by atoms with Gasteiger partial charge in [-0.15, -0.1) is 0 Å². The average Bonchev–Trinajstić information content (AvgIpc) is 2.38. The van der Waals surface area contributed by atoms with Crippen molar-refractivity contribution in [3.05, 3.63) is 35.1 Å². The van der Waals surface area contributed by atoms with Crippen LogP contribution >= 0.6 is 0 Å². The summed E-state index contributed by atoms with van der Waals surface area (Å²) in [6, 6.07) is 5.23. The first-order valence-corrected chi connectivity index (χ1v) is 6.40. The number of rotatable bonds is 5. The summed E-state index contributed by atoms with van der Waals surface area (Å²) in [5.41, 5.74) is 6.64. The zero-order chi connectivity index (χ0) is 14.3. The molecule has 0 saturated heterocycles. The predicted octanol–water partition coefficient (Wildman–Crippen LogP) is 1.34. The van der Waals surface area contributed by atoms with E-state index in [2.05, 4.69) is 30.6 Å². The number of hydrogen-bond acceptors (Lipinski definition) is 3. The fourth-order valence-corrected chi connectivity index (χ4v) is 1.80. The molecule has 0 aliphatic rings. The summed E-state index contributed by atoms with van der Waals surface area (Å²) in [7, 11) is 0. The normalized spacial score (nSPS) is 10.7. The van der Waals surface area contributed by atoms with E-state index < -0.39 is 0 Å². The molecule has 1 rings (SSSR count). The molecule has 104 valence electrons. The topological polar surface area (TPSA) is 49.5 Å². The van der Waals surface area contributed by atoms with Crippen LogP contribution in [0.3, 0.4) is 0 Å². The van der Waals surface area contributed by atoms with Crippen LogP contribution in [0, 0.1) is 17.7 Å². The smallest absolute Gasteiger partial charge is 0.138 e. The molecule has 0 saturated carbocycles. The molecule has 0 spiro atoms. The van der Waals surface area contributed by atoms with E-state index in [4.69, 9.17) is 10.8 Å². The second kappa shape index (κ2) is 7.90. The molecule has 1 aromatic carbocycles. The van der Waals surface area contributed by atoms with Crippen molar-refractivity contribution >= 4 is 0 Å². The standard InChI is InChI=1S/C15H21FN2O/c1-12(2)18(8-9-19)11-13-5-6-15(16)14(10-13)4-3-7-17/h5-6,10,12,19H,7-9,11,17H2,1-2H3. The van der Waals surface area contributed by atoms with Crippen molar-refractivity contribution in [3.8, 4) is 11.8 Å². The summed E-state index contributed by atoms with van der Waals surface area (Å²) in [6.07, 6.45) is 0. The van der Waals surface area contributed by atoms with E-state index in [0.717, 1.165) is 5.56 Å². The van der Waals surface area contributed by atoms with Crippen molar-refractivity contribution in [2.75, 3.05) is 19.7 Å². The van der Waals surface area contributed by atoms with Crippen LogP contribution < -0.4 is 5.73 Å². The third kappa shape index (κ3) is 4.99. The van der Waals surface area contributed by atoms with Gasteiger partial charge in [-0.2, -0.15) is 0 Å². The fraction of sp³-hybridized carbons (Fsp3) is 0.467. The average molecular weight is 264 g/mol. The molecular formula is C15H21FN2O. The van der Waals surface area contributed by atoms with Gasteiger partial charge in [0, 0.05) is 19.1 Å². The minimum atomic E-state index is -0.331. The van der Waals surface area contributed by atoms with Crippen molar-refractivity contribution in [1.82, 2.24) is 4.90 Å². The van der Waals surface area contributed by atoms with Crippen molar-refractivity contribution in [3.63, 3.8) is 0 Å². The highest BCUT2D eigenvalue weighted by Gasteiger charge is 2.10. The molecule has 0 atom stereocenters. The van der Waals surface area contributed by atoms with Crippen molar-refractivity contribution in [2.24, 2.45) is 5.73 Å². The Labute approximate surface area is 114 Å². The van der Waals surface area contributed by atoms with Crippen LogP contribution in [0.5, 0.6) is 0 Å². The Kier molecular flexibility index (Phi) is 6.51. The van der Waals surface area contributed by atoms with Crippen LogP contribution in [0.4, 0.5) is 4.39 Å². The molecule has 3 nitrogen and oxygen atoms in total. The van der Waals surface area contributed by atoms with E-state index in [-0.39, 0.29) is 19.0 Å². The lowest BCUT2D eigenvalue weighted by atomic mass is 10.1. The first-order valence-electron chi connectivity index (χ1n) is 6.40. The lowest BCUT2D eigenvalue weighted by Crippen LogP contribution is -2.32. The Bertz CT molecular complexity index is 463. The summed E-state index contributed by atoms with van der Waals surface area (Å²) >= 11 is 0. The zero-order valence-electron chi connectivity index (χ0n) is 11.5. The summed E-state index contributed by atoms with van der Waals surface area (Å²) in [6.45, 7) is 5.71. The van der Waals surface area contributed by atoms with Crippen LogP contribution in [-0.4, -0.2) is 35.7 Å². The number of nitrogens with two attached hydrogens (primary N) is 1. The van der Waals surface area contributed by atoms with Gasteiger partial charge in [0.25, 0.3) is 0 Å². The van der Waals surface area contributed by atoms with Gasteiger partial charge in [0.2, 0.25) is 0 Å². The first-order chi connectivity index (χ1) is 9.08. The van der Waals surface area contributed by atoms with Gasteiger partial charge in [-0.05, 0) is 31.5 Å². The quantitative estimate of drug-likeness (QED) is 0.789. The third-order valence-corrected chi connectivity index (χ3v) is 2.86. The number of benzene rings is 1. The summed E-state index contributed by atoms with van der Waals surface area (Å²) in [4.78, 5) is 2.12. The lowest BCUT2D eigenvalue weighted by molar-refractivity contribution is 0.159. The molecule has 0 aromatic heterocycles. The number of halogens is 1. The van der Waals surface area contributed by atoms with Crippen LogP contribution in [0.25, 0.3) is 0 Å². The van der Waals surface area contributed by atoms with E-state index in [9.17, 15) is 4.39 Å². The molecule has 0 heterocycles. The summed E-state index contributed by atoms with van der Waals surface area (Å²) in [5.74, 6) is 5.06. The van der Waals surface area contributed by atoms with Gasteiger partial charge in [-0.25, -0.2) is 4.39 Å². The van der Waals surface area contributed by atoms with E-state index in [1.54, 1.807) is 12.1 Å². The van der Waals surface area contributed by atoms with Gasteiger partial charge >= 0.3 is 0 Å². The highest BCUT2D eigenvalue weighted by Crippen LogP contribution is 2.13. The molecule has 0 amide bonds. The minimum Gasteiger partial charge on any atom is -0.395 e. The minimum absolute atomic E-state index is 0.110. The van der Waals surface area contributed by atoms with Crippen LogP contribution in [-0.2, 0) is 6.54 Å². The first kappa shape index (κ1) is 15.6. The molecule has 4 heteroatoms. The van der Waals surface area contributed by atoms with Gasteiger partial charge in [0.1, 0.15) is 5.82 Å². The lowest BCUT2D eigenvalue weighted by Gasteiger charge is -2.25. The van der Waals surface area contributed by atoms with Crippen LogP contribution in [0.15, 0.2) is 18.2 Å². The van der Waals surface area contributed by atoms with Crippen molar-refractivity contribution < 1.29 is 9.50 Å². The number of hydrogen-bond donors (Lipinski definition) is 2. The van der Waals surface area contributed by atoms with Crippen molar-refractivity contribution in [1.29, 1.82) is 0 Å². The number of aliphatic hydroxyl groups excluding tert-OH is 1. The highest BCUT2D eigenvalue weighted by atomic mass is 19.1. The molecule has 19 heavy (non-hydrogen) atoms. The molecule has 0 bridgehead atoms. The highest BCUT2D eigenvalue weighted by molar-refractivity contribution is 5.38. The largest absolute Gasteiger partial charge is 0.395 e. The molecular weight excluding hydrogens is 243 g/mol. The second-order valence-corrected chi connectivity index (χ2v) is 4.61. The Morgan fingerprint density at radius 2 is 2.16 bits per heavy atom. The predicted molar refractivity (Wildman–Crippen MR) is 75.0 cm³/mol. The Balaban J connectivity index is 2.89. The maximum Gasteiger partial charge on any atom is 0.138 e. The Hall–Kier alpha value is -1.41. The van der Waals surface area contributed by atoms with Crippen LogP contribution in [0.1, 0.15) is 25.0 Å². The molecule has 0 aliphatic carbocycles. The van der Waals surface area contributed by atoms with Gasteiger partial charge < -0.3 is 10.8 Å². The molecule has 0 aliphatic heterocycles.